The van der Waals surface area contributed by atoms with Gasteiger partial charge in [-0.05, 0) is 12.3 Å². The topological polar surface area (TPSA) is 36.7 Å². The summed E-state index contributed by atoms with van der Waals surface area (Å²) in [6.07, 6.45) is 1.92. The highest BCUT2D eigenvalue weighted by atomic mass is 35.5. The van der Waals surface area contributed by atoms with Crippen LogP contribution >= 0.6 is 23.4 Å². The third-order valence-corrected chi connectivity index (χ3v) is 3.38. The number of thioether (sulfide) groups is 1. The number of rotatable bonds is 2. The molecular weight excluding hydrogens is 252 g/mol. The van der Waals surface area contributed by atoms with Crippen molar-refractivity contribution in [2.75, 3.05) is 6.26 Å². The molecule has 1 heterocycles. The monoisotopic (exact) mass is 260 g/mol. The van der Waals surface area contributed by atoms with E-state index in [2.05, 4.69) is 11.1 Å². The third kappa shape index (κ3) is 2.44. The van der Waals surface area contributed by atoms with E-state index in [1.54, 1.807) is 0 Å². The fourth-order valence-electron chi connectivity index (χ4n) is 1.51. The summed E-state index contributed by atoms with van der Waals surface area (Å²) in [6.45, 7) is 0. The lowest BCUT2D eigenvalue weighted by molar-refractivity contribution is 1.23. The van der Waals surface area contributed by atoms with Crippen molar-refractivity contribution in [2.45, 2.75) is 4.90 Å². The van der Waals surface area contributed by atoms with Gasteiger partial charge in [-0.2, -0.15) is 5.26 Å². The minimum atomic E-state index is 0.262. The summed E-state index contributed by atoms with van der Waals surface area (Å²) in [6, 6.07) is 13.7. The summed E-state index contributed by atoms with van der Waals surface area (Å²) in [5.74, 6) is 0. The first-order valence-corrected chi connectivity index (χ1v) is 6.56. The Bertz CT molecular complexity index is 576. The lowest BCUT2D eigenvalue weighted by atomic mass is 10.1. The Morgan fingerprint density at radius 2 is 2.00 bits per heavy atom. The van der Waals surface area contributed by atoms with E-state index in [9.17, 15) is 0 Å². The van der Waals surface area contributed by atoms with Crippen molar-refractivity contribution in [1.29, 1.82) is 5.26 Å². The van der Waals surface area contributed by atoms with Crippen LogP contribution in [0, 0.1) is 11.3 Å². The van der Waals surface area contributed by atoms with Gasteiger partial charge in [0.15, 0.2) is 0 Å². The summed E-state index contributed by atoms with van der Waals surface area (Å²) >= 11 is 7.51. The van der Waals surface area contributed by atoms with Gasteiger partial charge in [-0.15, -0.1) is 11.8 Å². The van der Waals surface area contributed by atoms with Crippen molar-refractivity contribution >= 4 is 23.4 Å². The lowest BCUT2D eigenvalue weighted by Crippen LogP contribution is -1.91. The van der Waals surface area contributed by atoms with E-state index in [-0.39, 0.29) is 5.15 Å². The molecule has 2 nitrogen and oxygen atoms in total. The molecule has 0 aliphatic rings. The largest absolute Gasteiger partial charge is 0.235 e. The Hall–Kier alpha value is -1.50. The lowest BCUT2D eigenvalue weighted by Gasteiger charge is -2.06. The second-order valence-electron chi connectivity index (χ2n) is 3.35. The van der Waals surface area contributed by atoms with E-state index in [4.69, 9.17) is 16.9 Å². The molecule has 4 heteroatoms. The molecule has 2 aromatic rings. The summed E-state index contributed by atoms with van der Waals surface area (Å²) in [5, 5.41) is 9.27. The van der Waals surface area contributed by atoms with Crippen LogP contribution in [-0.4, -0.2) is 11.2 Å². The highest BCUT2D eigenvalue weighted by Crippen LogP contribution is 2.29. The maximum atomic E-state index is 9.00. The number of benzene rings is 1. The zero-order valence-electron chi connectivity index (χ0n) is 9.14. The Labute approximate surface area is 109 Å². The number of aromatic nitrogens is 1. The van der Waals surface area contributed by atoms with E-state index in [0.717, 1.165) is 16.2 Å². The maximum Gasteiger partial charge on any atom is 0.148 e. The molecule has 0 N–H and O–H groups in total. The van der Waals surface area contributed by atoms with Gasteiger partial charge < -0.3 is 0 Å². The zero-order valence-corrected chi connectivity index (χ0v) is 10.7. The van der Waals surface area contributed by atoms with E-state index in [0.29, 0.717) is 5.56 Å². The fraction of sp³-hybridized carbons (Fsp3) is 0.0769. The normalized spacial score (nSPS) is 9.94. The molecule has 0 unspecified atom stereocenters. The first-order chi connectivity index (χ1) is 8.26. The van der Waals surface area contributed by atoms with Crippen LogP contribution in [-0.2, 0) is 0 Å². The van der Waals surface area contributed by atoms with Crippen molar-refractivity contribution in [3.05, 3.63) is 47.1 Å². The average Bonchev–Trinajstić information content (AvgIpc) is 2.38. The highest BCUT2D eigenvalue weighted by molar-refractivity contribution is 7.98. The Kier molecular flexibility index (Phi) is 3.68. The SMILES string of the molecule is CSc1cc(-c2ccccc2)nc(Cl)c1C#N. The molecule has 0 radical (unpaired) electrons. The Morgan fingerprint density at radius 3 is 2.59 bits per heavy atom. The molecule has 2 rings (SSSR count). The Balaban J connectivity index is 2.59. The van der Waals surface area contributed by atoms with Gasteiger partial charge >= 0.3 is 0 Å². The molecule has 0 aliphatic heterocycles. The highest BCUT2D eigenvalue weighted by Gasteiger charge is 2.11. The molecule has 84 valence electrons. The fourth-order valence-corrected chi connectivity index (χ4v) is 2.38. The van der Waals surface area contributed by atoms with Crippen molar-refractivity contribution in [2.24, 2.45) is 0 Å². The van der Waals surface area contributed by atoms with E-state index in [1.165, 1.54) is 11.8 Å². The van der Waals surface area contributed by atoms with Crippen molar-refractivity contribution < 1.29 is 0 Å². The molecular formula is C13H9ClN2S. The molecule has 0 saturated carbocycles. The van der Waals surface area contributed by atoms with Crippen molar-refractivity contribution in [1.82, 2.24) is 4.98 Å². The van der Waals surface area contributed by atoms with Crippen LogP contribution in [0.25, 0.3) is 11.3 Å². The van der Waals surface area contributed by atoms with Crippen LogP contribution < -0.4 is 0 Å². The van der Waals surface area contributed by atoms with Crippen LogP contribution in [0.2, 0.25) is 5.15 Å². The summed E-state index contributed by atoms with van der Waals surface area (Å²) in [4.78, 5) is 5.11. The number of nitriles is 1. The van der Waals surface area contributed by atoms with Crippen LogP contribution in [0.15, 0.2) is 41.3 Å². The van der Waals surface area contributed by atoms with Crippen LogP contribution in [0.3, 0.4) is 0 Å². The van der Waals surface area contributed by atoms with Crippen molar-refractivity contribution in [3.63, 3.8) is 0 Å². The van der Waals surface area contributed by atoms with Gasteiger partial charge in [0.1, 0.15) is 16.8 Å². The van der Waals surface area contributed by atoms with Gasteiger partial charge in [0.2, 0.25) is 0 Å². The number of halogens is 1. The van der Waals surface area contributed by atoms with Gasteiger partial charge in [-0.25, -0.2) is 4.98 Å². The van der Waals surface area contributed by atoms with E-state index in [1.807, 2.05) is 42.7 Å². The average molecular weight is 261 g/mol. The number of nitrogens with zero attached hydrogens (tertiary/aromatic N) is 2. The molecule has 0 spiro atoms. The predicted octanol–water partition coefficient (Wildman–Crippen LogP) is 4.00. The molecule has 0 fully saturated rings. The van der Waals surface area contributed by atoms with Crippen LogP contribution in [0.1, 0.15) is 5.56 Å². The second-order valence-corrected chi connectivity index (χ2v) is 4.56. The number of hydrogen-bond donors (Lipinski definition) is 0. The quantitative estimate of drug-likeness (QED) is 0.605. The molecule has 0 bridgehead atoms. The Morgan fingerprint density at radius 1 is 1.29 bits per heavy atom. The minimum Gasteiger partial charge on any atom is -0.235 e. The summed E-state index contributed by atoms with van der Waals surface area (Å²) < 4.78 is 0. The van der Waals surface area contributed by atoms with Gasteiger partial charge in [0, 0.05) is 10.5 Å². The third-order valence-electron chi connectivity index (χ3n) is 2.34. The standard InChI is InChI=1S/C13H9ClN2S/c1-17-12-7-11(9-5-3-2-4-6-9)16-13(14)10(12)8-15/h2-7H,1H3. The van der Waals surface area contributed by atoms with Crippen LogP contribution in [0.4, 0.5) is 0 Å². The van der Waals surface area contributed by atoms with Gasteiger partial charge in [-0.1, -0.05) is 41.9 Å². The molecule has 17 heavy (non-hydrogen) atoms. The minimum absolute atomic E-state index is 0.262. The first-order valence-electron chi connectivity index (χ1n) is 4.96. The number of pyridine rings is 1. The molecule has 1 aromatic heterocycles. The smallest absolute Gasteiger partial charge is 0.148 e. The van der Waals surface area contributed by atoms with Gasteiger partial charge in [0.25, 0.3) is 0 Å². The van der Waals surface area contributed by atoms with Gasteiger partial charge in [-0.3, -0.25) is 0 Å². The molecule has 1 aromatic carbocycles. The molecule has 0 atom stereocenters. The first kappa shape index (κ1) is 12.0. The predicted molar refractivity (Wildman–Crippen MR) is 71.2 cm³/mol. The molecule has 0 aliphatic carbocycles. The van der Waals surface area contributed by atoms with Gasteiger partial charge in [0.05, 0.1) is 5.69 Å². The maximum absolute atomic E-state index is 9.00. The summed E-state index contributed by atoms with van der Waals surface area (Å²) in [5.41, 5.74) is 2.23. The van der Waals surface area contributed by atoms with E-state index >= 15 is 0 Å². The molecule has 0 saturated heterocycles. The second kappa shape index (κ2) is 5.22. The summed E-state index contributed by atoms with van der Waals surface area (Å²) in [7, 11) is 0. The number of hydrogen-bond acceptors (Lipinski definition) is 3. The van der Waals surface area contributed by atoms with Crippen LogP contribution in [0.5, 0.6) is 0 Å². The molecule has 0 amide bonds. The zero-order chi connectivity index (χ0) is 12.3. The van der Waals surface area contributed by atoms with Crippen molar-refractivity contribution in [3.8, 4) is 17.3 Å². The van der Waals surface area contributed by atoms with E-state index < -0.39 is 0 Å².